The zero-order valence-corrected chi connectivity index (χ0v) is 18.0. The molecule has 0 saturated carbocycles. The summed E-state index contributed by atoms with van der Waals surface area (Å²) in [4.78, 5) is 17.1. The van der Waals surface area contributed by atoms with E-state index in [1.165, 1.54) is 11.3 Å². The molecule has 0 aliphatic heterocycles. The minimum Gasteiger partial charge on any atom is -0.496 e. The molecule has 0 atom stereocenters. The molecule has 4 rings (SSSR count). The van der Waals surface area contributed by atoms with Gasteiger partial charge in [0, 0.05) is 16.5 Å². The van der Waals surface area contributed by atoms with Gasteiger partial charge in [-0.25, -0.2) is 4.98 Å². The second kappa shape index (κ2) is 8.59. The number of anilines is 1. The molecule has 0 bridgehead atoms. The minimum atomic E-state index is -0.179. The number of benzene rings is 3. The van der Waals surface area contributed by atoms with Gasteiger partial charge in [-0.15, -0.1) is 11.3 Å². The number of methoxy groups -OCH3 is 1. The summed E-state index contributed by atoms with van der Waals surface area (Å²) in [6.45, 7) is 0. The number of amides is 1. The smallest absolute Gasteiger partial charge is 0.257 e. The van der Waals surface area contributed by atoms with Crippen LogP contribution >= 0.6 is 27.3 Å². The van der Waals surface area contributed by atoms with E-state index in [0.29, 0.717) is 10.7 Å². The van der Waals surface area contributed by atoms with E-state index < -0.39 is 0 Å². The van der Waals surface area contributed by atoms with Crippen LogP contribution in [0.3, 0.4) is 0 Å². The van der Waals surface area contributed by atoms with Crippen molar-refractivity contribution in [2.24, 2.45) is 0 Å². The van der Waals surface area contributed by atoms with Crippen molar-refractivity contribution in [2.75, 3.05) is 12.4 Å². The lowest BCUT2D eigenvalue weighted by Crippen LogP contribution is -2.11. The standard InChI is InChI=1S/C23H17BrN2O2S/c1-28-21-12-11-18(13-19(21)24)20-14-29-23(25-20)26-22(27)17-9-7-16(8-10-17)15-5-3-2-4-6-15/h2-14H,1H3,(H,25,26,27). The molecule has 0 aliphatic carbocycles. The number of nitrogens with one attached hydrogen (secondary N) is 1. The molecule has 3 aromatic carbocycles. The van der Waals surface area contributed by atoms with Gasteiger partial charge in [-0.2, -0.15) is 0 Å². The van der Waals surface area contributed by atoms with E-state index in [9.17, 15) is 4.79 Å². The van der Waals surface area contributed by atoms with Crippen LogP contribution in [-0.4, -0.2) is 18.0 Å². The molecule has 1 amide bonds. The highest BCUT2D eigenvalue weighted by Gasteiger charge is 2.11. The maximum absolute atomic E-state index is 12.6. The minimum absolute atomic E-state index is 0.179. The third kappa shape index (κ3) is 4.39. The number of carbonyl (C=O) groups is 1. The third-order valence-corrected chi connectivity index (χ3v) is 5.80. The molecular formula is C23H17BrN2O2S. The van der Waals surface area contributed by atoms with E-state index in [0.717, 1.165) is 32.6 Å². The number of hydrogen-bond donors (Lipinski definition) is 1. The van der Waals surface area contributed by atoms with Gasteiger partial charge in [0.25, 0.3) is 5.91 Å². The SMILES string of the molecule is COc1ccc(-c2csc(NC(=O)c3ccc(-c4ccccc4)cc3)n2)cc1Br. The number of ether oxygens (including phenoxy) is 1. The fourth-order valence-corrected chi connectivity index (χ4v) is 4.16. The first-order chi connectivity index (χ1) is 14.1. The molecule has 0 aliphatic rings. The van der Waals surface area contributed by atoms with E-state index in [2.05, 4.69) is 26.2 Å². The van der Waals surface area contributed by atoms with E-state index >= 15 is 0 Å². The van der Waals surface area contributed by atoms with Crippen LogP contribution in [0.25, 0.3) is 22.4 Å². The Hall–Kier alpha value is -2.96. The molecule has 0 fully saturated rings. The zero-order valence-electron chi connectivity index (χ0n) is 15.6. The molecule has 1 heterocycles. The van der Waals surface area contributed by atoms with E-state index in [1.807, 2.05) is 78.2 Å². The van der Waals surface area contributed by atoms with Crippen LogP contribution in [0, 0.1) is 0 Å². The molecule has 0 unspecified atom stereocenters. The molecule has 1 N–H and O–H groups in total. The van der Waals surface area contributed by atoms with Crippen LogP contribution in [-0.2, 0) is 0 Å². The number of thiazole rings is 1. The normalized spacial score (nSPS) is 10.6. The van der Waals surface area contributed by atoms with Crippen molar-refractivity contribution in [3.05, 3.63) is 88.2 Å². The number of carbonyl (C=O) groups excluding carboxylic acids is 1. The van der Waals surface area contributed by atoms with Crippen LogP contribution in [0.15, 0.2) is 82.6 Å². The first-order valence-corrected chi connectivity index (χ1v) is 10.6. The predicted octanol–water partition coefficient (Wildman–Crippen LogP) is 6.50. The van der Waals surface area contributed by atoms with Crippen molar-refractivity contribution in [3.8, 4) is 28.1 Å². The van der Waals surface area contributed by atoms with Gasteiger partial charge in [0.15, 0.2) is 5.13 Å². The number of aromatic nitrogens is 1. The van der Waals surface area contributed by atoms with Gasteiger partial charge in [0.2, 0.25) is 0 Å². The van der Waals surface area contributed by atoms with Crippen molar-refractivity contribution in [2.45, 2.75) is 0 Å². The summed E-state index contributed by atoms with van der Waals surface area (Å²) in [5.41, 5.74) is 4.53. The monoisotopic (exact) mass is 464 g/mol. The molecule has 4 nitrogen and oxygen atoms in total. The number of hydrogen-bond acceptors (Lipinski definition) is 4. The van der Waals surface area contributed by atoms with Crippen molar-refractivity contribution < 1.29 is 9.53 Å². The quantitative estimate of drug-likeness (QED) is 0.366. The summed E-state index contributed by atoms with van der Waals surface area (Å²) in [5.74, 6) is 0.581. The van der Waals surface area contributed by atoms with E-state index in [-0.39, 0.29) is 5.91 Å². The Kier molecular flexibility index (Phi) is 5.74. The van der Waals surface area contributed by atoms with E-state index in [4.69, 9.17) is 4.74 Å². The maximum Gasteiger partial charge on any atom is 0.257 e. The van der Waals surface area contributed by atoms with Crippen LogP contribution in [0.2, 0.25) is 0 Å². The van der Waals surface area contributed by atoms with Gasteiger partial charge in [-0.1, -0.05) is 42.5 Å². The van der Waals surface area contributed by atoms with Crippen LogP contribution < -0.4 is 10.1 Å². The molecule has 6 heteroatoms. The predicted molar refractivity (Wildman–Crippen MR) is 122 cm³/mol. The fourth-order valence-electron chi connectivity index (χ4n) is 2.90. The van der Waals surface area contributed by atoms with Gasteiger partial charge in [-0.3, -0.25) is 10.1 Å². The summed E-state index contributed by atoms with van der Waals surface area (Å²) < 4.78 is 6.11. The molecule has 0 saturated heterocycles. The van der Waals surface area contributed by atoms with Gasteiger partial charge >= 0.3 is 0 Å². The Bertz CT molecular complexity index is 1140. The lowest BCUT2D eigenvalue weighted by molar-refractivity contribution is 0.102. The summed E-state index contributed by atoms with van der Waals surface area (Å²) in [5, 5.41) is 5.36. The highest BCUT2D eigenvalue weighted by molar-refractivity contribution is 9.10. The highest BCUT2D eigenvalue weighted by Crippen LogP contribution is 2.32. The maximum atomic E-state index is 12.6. The zero-order chi connectivity index (χ0) is 20.2. The average Bonchev–Trinajstić information content (AvgIpc) is 3.23. The second-order valence-corrected chi connectivity index (χ2v) is 8.00. The highest BCUT2D eigenvalue weighted by atomic mass is 79.9. The van der Waals surface area contributed by atoms with Crippen LogP contribution in [0.1, 0.15) is 10.4 Å². The fraction of sp³-hybridized carbons (Fsp3) is 0.0435. The Balaban J connectivity index is 1.47. The third-order valence-electron chi connectivity index (χ3n) is 4.43. The van der Waals surface area contributed by atoms with Crippen molar-refractivity contribution in [1.29, 1.82) is 0 Å². The first-order valence-electron chi connectivity index (χ1n) is 8.90. The summed E-state index contributed by atoms with van der Waals surface area (Å²) in [6.07, 6.45) is 0. The van der Waals surface area contributed by atoms with Gasteiger partial charge in [0.05, 0.1) is 17.3 Å². The lowest BCUT2D eigenvalue weighted by Gasteiger charge is -2.05. The summed E-state index contributed by atoms with van der Waals surface area (Å²) >= 11 is 4.88. The Labute approximate surface area is 181 Å². The van der Waals surface area contributed by atoms with Crippen molar-refractivity contribution >= 4 is 38.3 Å². The van der Waals surface area contributed by atoms with Crippen molar-refractivity contribution in [1.82, 2.24) is 4.98 Å². The number of halogens is 1. The van der Waals surface area contributed by atoms with Gasteiger partial charge in [-0.05, 0) is 57.4 Å². The van der Waals surface area contributed by atoms with Crippen molar-refractivity contribution in [3.63, 3.8) is 0 Å². The molecular weight excluding hydrogens is 448 g/mol. The molecule has 1 aromatic heterocycles. The van der Waals surface area contributed by atoms with Gasteiger partial charge < -0.3 is 4.74 Å². The first kappa shape index (κ1) is 19.4. The number of rotatable bonds is 5. The second-order valence-electron chi connectivity index (χ2n) is 6.28. The molecule has 0 radical (unpaired) electrons. The summed E-state index contributed by atoms with van der Waals surface area (Å²) in [7, 11) is 1.63. The van der Waals surface area contributed by atoms with Gasteiger partial charge in [0.1, 0.15) is 5.75 Å². The van der Waals surface area contributed by atoms with Crippen LogP contribution in [0.5, 0.6) is 5.75 Å². The Morgan fingerprint density at radius 2 is 1.66 bits per heavy atom. The molecule has 29 heavy (non-hydrogen) atoms. The molecule has 0 spiro atoms. The average molecular weight is 465 g/mol. The largest absolute Gasteiger partial charge is 0.496 e. The molecule has 4 aromatic rings. The van der Waals surface area contributed by atoms with Crippen LogP contribution in [0.4, 0.5) is 5.13 Å². The summed E-state index contributed by atoms with van der Waals surface area (Å²) in [6, 6.07) is 23.4. The number of nitrogens with zero attached hydrogens (tertiary/aromatic N) is 1. The van der Waals surface area contributed by atoms with E-state index in [1.54, 1.807) is 7.11 Å². The molecule has 144 valence electrons. The lowest BCUT2D eigenvalue weighted by atomic mass is 10.0. The Morgan fingerprint density at radius 1 is 0.966 bits per heavy atom. The topological polar surface area (TPSA) is 51.2 Å². The Morgan fingerprint density at radius 3 is 2.34 bits per heavy atom.